The summed E-state index contributed by atoms with van der Waals surface area (Å²) in [6.07, 6.45) is -0.646. The number of carbonyl (C=O) groups is 3. The van der Waals surface area contributed by atoms with Crippen molar-refractivity contribution in [3.05, 3.63) is 0 Å². The number of ketones is 1. The molecule has 140 valence electrons. The molecule has 0 bridgehead atoms. The van der Waals surface area contributed by atoms with E-state index < -0.39 is 29.2 Å². The van der Waals surface area contributed by atoms with Crippen LogP contribution in [0.15, 0.2) is 0 Å². The normalized spacial score (nSPS) is 13.3. The molecule has 8 nitrogen and oxygen atoms in total. The van der Waals surface area contributed by atoms with Crippen molar-refractivity contribution in [3.8, 4) is 0 Å². The van der Waals surface area contributed by atoms with Crippen LogP contribution in [0.25, 0.3) is 0 Å². The Morgan fingerprint density at radius 3 is 2.17 bits per heavy atom. The average Bonchev–Trinajstić information content (AvgIpc) is 2.46. The van der Waals surface area contributed by atoms with Crippen LogP contribution in [0.2, 0.25) is 0 Å². The molecule has 24 heavy (non-hydrogen) atoms. The van der Waals surface area contributed by atoms with E-state index in [2.05, 4.69) is 4.74 Å². The fourth-order valence-corrected chi connectivity index (χ4v) is 1.73. The Morgan fingerprint density at radius 2 is 1.67 bits per heavy atom. The Balaban J connectivity index is 4.33. The van der Waals surface area contributed by atoms with Crippen LogP contribution in [0.4, 0.5) is 0 Å². The molecule has 0 saturated carbocycles. The highest BCUT2D eigenvalue weighted by molar-refractivity contribution is 5.89. The number of aliphatic hydroxyl groups is 1. The van der Waals surface area contributed by atoms with Gasteiger partial charge in [0.25, 0.3) is 0 Å². The monoisotopic (exact) mass is 347 g/mol. The van der Waals surface area contributed by atoms with Crippen molar-refractivity contribution in [1.82, 2.24) is 0 Å². The van der Waals surface area contributed by atoms with Crippen LogP contribution in [-0.2, 0) is 28.6 Å². The Hall–Kier alpha value is -1.51. The number of hydrogen-bond acceptors (Lipinski definition) is 8. The van der Waals surface area contributed by atoms with Gasteiger partial charge in [0, 0.05) is 6.42 Å². The number of Topliss-reactive ketones (excluding diaryl/α,β-unsaturated/α-hetero) is 1. The summed E-state index contributed by atoms with van der Waals surface area (Å²) in [5, 5.41) is 8.55. The summed E-state index contributed by atoms with van der Waals surface area (Å²) in [6.45, 7) is 7.51. The van der Waals surface area contributed by atoms with Crippen molar-refractivity contribution in [2.45, 2.75) is 64.7 Å². The average molecular weight is 347 g/mol. The molecule has 0 aliphatic rings. The van der Waals surface area contributed by atoms with E-state index >= 15 is 0 Å². The van der Waals surface area contributed by atoms with Crippen LogP contribution in [0, 0.1) is 0 Å². The molecular formula is C16H29NO7. The van der Waals surface area contributed by atoms with Gasteiger partial charge in [0.1, 0.15) is 24.4 Å². The summed E-state index contributed by atoms with van der Waals surface area (Å²) in [6, 6.07) is 0. The Bertz CT molecular complexity index is 440. The fraction of sp³-hybridized carbons (Fsp3) is 0.812. The van der Waals surface area contributed by atoms with E-state index in [1.54, 1.807) is 20.8 Å². The zero-order valence-corrected chi connectivity index (χ0v) is 15.1. The zero-order valence-electron chi connectivity index (χ0n) is 15.1. The largest absolute Gasteiger partial charge is 0.463 e. The van der Waals surface area contributed by atoms with Crippen LogP contribution in [0.1, 0.15) is 47.5 Å². The second-order valence-corrected chi connectivity index (χ2v) is 6.63. The van der Waals surface area contributed by atoms with Gasteiger partial charge in [-0.1, -0.05) is 0 Å². The molecule has 0 aliphatic heterocycles. The van der Waals surface area contributed by atoms with Gasteiger partial charge in [0.05, 0.1) is 19.1 Å². The van der Waals surface area contributed by atoms with Crippen LogP contribution >= 0.6 is 0 Å². The Kier molecular flexibility index (Phi) is 9.09. The quantitative estimate of drug-likeness (QED) is 0.512. The molecule has 0 aliphatic carbocycles. The summed E-state index contributed by atoms with van der Waals surface area (Å²) in [5.41, 5.74) is 3.38. The molecule has 0 fully saturated rings. The van der Waals surface area contributed by atoms with E-state index in [-0.39, 0.29) is 38.4 Å². The van der Waals surface area contributed by atoms with Crippen LogP contribution in [-0.4, -0.2) is 59.9 Å². The number of aliphatic hydroxyl groups excluding tert-OH is 1. The van der Waals surface area contributed by atoms with E-state index in [0.29, 0.717) is 0 Å². The van der Waals surface area contributed by atoms with Gasteiger partial charge < -0.3 is 25.1 Å². The number of carbonyl (C=O) groups excluding carboxylic acids is 3. The molecule has 0 radical (unpaired) electrons. The molecule has 0 spiro atoms. The molecular weight excluding hydrogens is 318 g/mol. The Labute approximate surface area is 142 Å². The third kappa shape index (κ3) is 8.95. The van der Waals surface area contributed by atoms with Crippen molar-refractivity contribution in [1.29, 1.82) is 0 Å². The number of nitrogens with two attached hydrogens (primary N) is 1. The molecule has 8 heteroatoms. The van der Waals surface area contributed by atoms with E-state index in [1.165, 1.54) is 13.8 Å². The number of esters is 2. The molecule has 1 unspecified atom stereocenters. The Morgan fingerprint density at radius 1 is 1.08 bits per heavy atom. The highest BCUT2D eigenvalue weighted by atomic mass is 16.6. The van der Waals surface area contributed by atoms with E-state index in [1.807, 2.05) is 0 Å². The van der Waals surface area contributed by atoms with Gasteiger partial charge in [-0.25, -0.2) is 0 Å². The summed E-state index contributed by atoms with van der Waals surface area (Å²) in [4.78, 5) is 35.1. The first-order valence-corrected chi connectivity index (χ1v) is 7.84. The van der Waals surface area contributed by atoms with Gasteiger partial charge in [0.2, 0.25) is 0 Å². The first-order valence-electron chi connectivity index (χ1n) is 7.84. The maximum absolute atomic E-state index is 12.2. The summed E-state index contributed by atoms with van der Waals surface area (Å²) in [5.74, 6) is -1.39. The van der Waals surface area contributed by atoms with Crippen molar-refractivity contribution in [2.24, 2.45) is 5.73 Å². The van der Waals surface area contributed by atoms with Gasteiger partial charge in [-0.05, 0) is 34.6 Å². The molecule has 0 heterocycles. The van der Waals surface area contributed by atoms with Crippen LogP contribution < -0.4 is 5.73 Å². The molecule has 3 N–H and O–H groups in total. The smallest absolute Gasteiger partial charge is 0.325 e. The predicted molar refractivity (Wildman–Crippen MR) is 86.1 cm³/mol. The molecule has 0 rings (SSSR count). The molecule has 1 atom stereocenters. The maximum atomic E-state index is 12.2. The van der Waals surface area contributed by atoms with Crippen LogP contribution in [0.5, 0.6) is 0 Å². The molecule has 0 amide bonds. The molecule has 0 aromatic rings. The molecule has 0 saturated heterocycles. The summed E-state index contributed by atoms with van der Waals surface area (Å²) >= 11 is 0. The maximum Gasteiger partial charge on any atom is 0.325 e. The zero-order chi connectivity index (χ0) is 19.0. The minimum absolute atomic E-state index is 0.0330. The lowest BCUT2D eigenvalue weighted by atomic mass is 9.99. The second kappa shape index (κ2) is 9.71. The lowest BCUT2D eigenvalue weighted by Gasteiger charge is -2.28. The molecule has 0 aromatic carbocycles. The standard InChI is InChI=1S/C16H29NO7/c1-11(10-23-14(21)15(2,3)17)24-16(4,5)12(19)6-7-13(20)22-9-8-18/h11,18H,6-10,17H2,1-5H3. The van der Waals surface area contributed by atoms with Gasteiger partial charge >= 0.3 is 11.9 Å². The molecule has 0 aromatic heterocycles. The minimum atomic E-state index is -1.14. The first-order chi connectivity index (χ1) is 10.9. The third-order valence-electron chi connectivity index (χ3n) is 3.05. The summed E-state index contributed by atoms with van der Waals surface area (Å²) in [7, 11) is 0. The number of hydrogen-bond donors (Lipinski definition) is 2. The van der Waals surface area contributed by atoms with Gasteiger partial charge in [-0.15, -0.1) is 0 Å². The highest BCUT2D eigenvalue weighted by Crippen LogP contribution is 2.17. The van der Waals surface area contributed by atoms with Crippen molar-refractivity contribution in [2.75, 3.05) is 19.8 Å². The lowest BCUT2D eigenvalue weighted by molar-refractivity contribution is -0.162. The first kappa shape index (κ1) is 22.5. The SMILES string of the molecule is CC(COC(=O)C(C)(C)N)OC(C)(C)C(=O)CCC(=O)OCCO. The van der Waals surface area contributed by atoms with Gasteiger partial charge in [-0.2, -0.15) is 0 Å². The van der Waals surface area contributed by atoms with E-state index in [0.717, 1.165) is 0 Å². The highest BCUT2D eigenvalue weighted by Gasteiger charge is 2.31. The number of ether oxygens (including phenoxy) is 3. The van der Waals surface area contributed by atoms with E-state index in [9.17, 15) is 14.4 Å². The fourth-order valence-electron chi connectivity index (χ4n) is 1.73. The second-order valence-electron chi connectivity index (χ2n) is 6.63. The van der Waals surface area contributed by atoms with Gasteiger partial charge in [0.15, 0.2) is 5.78 Å². The lowest BCUT2D eigenvalue weighted by Crippen LogP contribution is -2.45. The van der Waals surface area contributed by atoms with Crippen molar-refractivity contribution in [3.63, 3.8) is 0 Å². The van der Waals surface area contributed by atoms with Gasteiger partial charge in [-0.3, -0.25) is 14.4 Å². The third-order valence-corrected chi connectivity index (χ3v) is 3.05. The summed E-state index contributed by atoms with van der Waals surface area (Å²) < 4.78 is 15.3. The predicted octanol–water partition coefficient (Wildman–Crippen LogP) is 0.335. The minimum Gasteiger partial charge on any atom is -0.463 e. The van der Waals surface area contributed by atoms with Crippen molar-refractivity contribution >= 4 is 17.7 Å². The van der Waals surface area contributed by atoms with E-state index in [4.69, 9.17) is 20.3 Å². The topological polar surface area (TPSA) is 125 Å². The van der Waals surface area contributed by atoms with Crippen LogP contribution in [0.3, 0.4) is 0 Å². The number of rotatable bonds is 11. The van der Waals surface area contributed by atoms with Crippen molar-refractivity contribution < 1.29 is 33.7 Å².